The fraction of sp³-hybridized carbons (Fsp3) is 0.294. The van der Waals surface area contributed by atoms with Crippen molar-refractivity contribution in [2.24, 2.45) is 5.92 Å². The minimum atomic E-state index is -1.46. The van der Waals surface area contributed by atoms with Crippen LogP contribution in [0.25, 0.3) is 0 Å². The highest BCUT2D eigenvalue weighted by Crippen LogP contribution is 2.54. The Morgan fingerprint density at radius 3 is 2.29 bits per heavy atom. The number of phenolic OH excluding ortho intramolecular Hbond substituents is 2. The number of carbonyl (C=O) groups excluding carboxylic acids is 4. The first kappa shape index (κ1) is 15.9. The van der Waals surface area contributed by atoms with Crippen LogP contribution < -0.4 is 4.74 Å². The minimum Gasteiger partial charge on any atom is -0.507 e. The van der Waals surface area contributed by atoms with Crippen LogP contribution in [-0.2, 0) is 14.4 Å². The van der Waals surface area contributed by atoms with Gasteiger partial charge in [0.25, 0.3) is 0 Å². The number of fused-ring (bicyclic) bond motifs is 3. The van der Waals surface area contributed by atoms with E-state index >= 15 is 0 Å². The number of ether oxygens (including phenoxy) is 1. The van der Waals surface area contributed by atoms with Crippen molar-refractivity contribution >= 4 is 23.1 Å². The van der Waals surface area contributed by atoms with Gasteiger partial charge in [0.2, 0.25) is 0 Å². The number of allylic oxidation sites excluding steroid dienone is 2. The SMILES string of the molecule is CC(=O)c1c(O)c(C)c(O)c2c1OC1=CC(=O)C(C(C)=O)C(=O)C12. The molecule has 0 aromatic heterocycles. The summed E-state index contributed by atoms with van der Waals surface area (Å²) in [5.41, 5.74) is -0.145. The number of hydrogen-bond acceptors (Lipinski definition) is 7. The molecule has 2 aliphatic rings. The largest absolute Gasteiger partial charge is 0.507 e. The number of aromatic hydroxyl groups is 2. The molecule has 0 saturated carbocycles. The zero-order valence-corrected chi connectivity index (χ0v) is 13.2. The van der Waals surface area contributed by atoms with Crippen LogP contribution in [0, 0.1) is 12.8 Å². The van der Waals surface area contributed by atoms with Crippen molar-refractivity contribution < 1.29 is 34.1 Å². The second-order valence-electron chi connectivity index (χ2n) is 5.93. The Morgan fingerprint density at radius 1 is 1.12 bits per heavy atom. The summed E-state index contributed by atoms with van der Waals surface area (Å²) >= 11 is 0. The van der Waals surface area contributed by atoms with Gasteiger partial charge in [0.05, 0.1) is 5.56 Å². The molecule has 0 saturated heterocycles. The first-order chi connectivity index (χ1) is 11.2. The number of ketones is 4. The highest BCUT2D eigenvalue weighted by atomic mass is 16.5. The van der Waals surface area contributed by atoms with Gasteiger partial charge in [0.1, 0.15) is 46.2 Å². The van der Waals surface area contributed by atoms with Crippen molar-refractivity contribution in [3.8, 4) is 17.2 Å². The zero-order chi connectivity index (χ0) is 17.9. The number of benzene rings is 1. The van der Waals surface area contributed by atoms with E-state index in [2.05, 4.69) is 0 Å². The third kappa shape index (κ3) is 1.90. The van der Waals surface area contributed by atoms with E-state index in [1.165, 1.54) is 13.8 Å². The average molecular weight is 330 g/mol. The summed E-state index contributed by atoms with van der Waals surface area (Å²) in [4.78, 5) is 48.1. The fourth-order valence-electron chi connectivity index (χ4n) is 3.20. The smallest absolute Gasteiger partial charge is 0.177 e. The molecule has 2 N–H and O–H groups in total. The van der Waals surface area contributed by atoms with Crippen molar-refractivity contribution in [2.75, 3.05) is 0 Å². The first-order valence-electron chi connectivity index (χ1n) is 7.23. The lowest BCUT2D eigenvalue weighted by atomic mass is 9.77. The number of phenols is 2. The molecule has 0 radical (unpaired) electrons. The van der Waals surface area contributed by atoms with E-state index < -0.39 is 46.5 Å². The molecule has 2 atom stereocenters. The standard InChI is InChI=1S/C17H14O7/c1-5-14(21)11(7(3)19)17-13(15(5)22)12-9(24-17)4-8(20)10(6(2)18)16(12)23/h4,10,12,21-22H,1-3H3. The van der Waals surface area contributed by atoms with Gasteiger partial charge in [-0.15, -0.1) is 0 Å². The van der Waals surface area contributed by atoms with Crippen LogP contribution in [0.15, 0.2) is 11.8 Å². The predicted octanol–water partition coefficient (Wildman–Crippen LogP) is 1.33. The highest BCUT2D eigenvalue weighted by molar-refractivity contribution is 6.26. The van der Waals surface area contributed by atoms with Crippen molar-refractivity contribution in [3.63, 3.8) is 0 Å². The van der Waals surface area contributed by atoms with Crippen molar-refractivity contribution in [3.05, 3.63) is 28.5 Å². The first-order valence-corrected chi connectivity index (χ1v) is 7.23. The van der Waals surface area contributed by atoms with Gasteiger partial charge in [0.15, 0.2) is 17.3 Å². The van der Waals surface area contributed by atoms with Gasteiger partial charge in [-0.1, -0.05) is 0 Å². The molecule has 7 heteroatoms. The Hall–Kier alpha value is -2.96. The number of hydrogen-bond donors (Lipinski definition) is 2. The fourth-order valence-corrected chi connectivity index (χ4v) is 3.20. The molecule has 1 heterocycles. The van der Waals surface area contributed by atoms with Crippen molar-refractivity contribution in [1.29, 1.82) is 0 Å². The van der Waals surface area contributed by atoms with Crippen LogP contribution in [0.1, 0.15) is 41.3 Å². The molecule has 1 aromatic rings. The van der Waals surface area contributed by atoms with Crippen molar-refractivity contribution in [2.45, 2.75) is 26.7 Å². The molecule has 2 unspecified atom stereocenters. The van der Waals surface area contributed by atoms with Gasteiger partial charge in [-0.3, -0.25) is 19.2 Å². The van der Waals surface area contributed by atoms with Crippen LogP contribution in [0.3, 0.4) is 0 Å². The Labute approximate surface area is 136 Å². The lowest BCUT2D eigenvalue weighted by molar-refractivity contribution is -0.138. The second-order valence-corrected chi connectivity index (χ2v) is 5.93. The van der Waals surface area contributed by atoms with Crippen LogP contribution in [0.2, 0.25) is 0 Å². The van der Waals surface area contributed by atoms with Crippen molar-refractivity contribution in [1.82, 2.24) is 0 Å². The quantitative estimate of drug-likeness (QED) is 0.620. The van der Waals surface area contributed by atoms with Crippen LogP contribution in [0.4, 0.5) is 0 Å². The molecule has 124 valence electrons. The molecular formula is C17H14O7. The molecular weight excluding hydrogens is 316 g/mol. The summed E-state index contributed by atoms with van der Waals surface area (Å²) in [5.74, 6) is -6.18. The van der Waals surface area contributed by atoms with E-state index in [1.807, 2.05) is 0 Å². The minimum absolute atomic E-state index is 0.00509. The van der Waals surface area contributed by atoms with Gasteiger partial charge in [-0.25, -0.2) is 0 Å². The van der Waals surface area contributed by atoms with E-state index in [0.717, 1.165) is 13.0 Å². The second kappa shape index (κ2) is 5.02. The van der Waals surface area contributed by atoms with Gasteiger partial charge in [-0.2, -0.15) is 0 Å². The number of Topliss-reactive ketones (excluding diaryl/α,β-unsaturated/α-hetero) is 3. The molecule has 0 bridgehead atoms. The summed E-state index contributed by atoms with van der Waals surface area (Å²) in [6, 6.07) is 0. The summed E-state index contributed by atoms with van der Waals surface area (Å²) in [5, 5.41) is 20.5. The average Bonchev–Trinajstić information content (AvgIpc) is 2.83. The van der Waals surface area contributed by atoms with Gasteiger partial charge < -0.3 is 14.9 Å². The monoisotopic (exact) mass is 330 g/mol. The van der Waals surface area contributed by atoms with E-state index in [9.17, 15) is 29.4 Å². The number of rotatable bonds is 2. The molecule has 1 aliphatic carbocycles. The Bertz CT molecular complexity index is 876. The Balaban J connectivity index is 2.32. The lowest BCUT2D eigenvalue weighted by Crippen LogP contribution is -2.37. The summed E-state index contributed by atoms with van der Waals surface area (Å²) in [6.45, 7) is 3.73. The summed E-state index contributed by atoms with van der Waals surface area (Å²) in [7, 11) is 0. The molecule has 24 heavy (non-hydrogen) atoms. The molecule has 3 rings (SSSR count). The maximum Gasteiger partial charge on any atom is 0.177 e. The summed E-state index contributed by atoms with van der Waals surface area (Å²) in [6.07, 6.45) is 1.04. The molecule has 0 amide bonds. The predicted molar refractivity (Wildman–Crippen MR) is 80.2 cm³/mol. The molecule has 7 nitrogen and oxygen atoms in total. The van der Waals surface area contributed by atoms with E-state index in [0.29, 0.717) is 0 Å². The molecule has 0 fully saturated rings. The van der Waals surface area contributed by atoms with Gasteiger partial charge in [0, 0.05) is 11.6 Å². The van der Waals surface area contributed by atoms with Crippen LogP contribution in [0.5, 0.6) is 17.2 Å². The molecule has 1 aliphatic heterocycles. The zero-order valence-electron chi connectivity index (χ0n) is 13.2. The topological polar surface area (TPSA) is 118 Å². The van der Waals surface area contributed by atoms with E-state index in [-0.39, 0.29) is 28.2 Å². The third-order valence-corrected chi connectivity index (χ3v) is 4.36. The Kier molecular flexibility index (Phi) is 3.33. The van der Waals surface area contributed by atoms with Gasteiger partial charge >= 0.3 is 0 Å². The van der Waals surface area contributed by atoms with Crippen LogP contribution >= 0.6 is 0 Å². The van der Waals surface area contributed by atoms with E-state index in [1.54, 1.807) is 0 Å². The maximum atomic E-state index is 12.6. The van der Waals surface area contributed by atoms with Crippen LogP contribution in [-0.4, -0.2) is 33.3 Å². The number of carbonyl (C=O) groups is 4. The normalized spacial score (nSPS) is 21.7. The van der Waals surface area contributed by atoms with E-state index in [4.69, 9.17) is 4.74 Å². The Morgan fingerprint density at radius 2 is 1.75 bits per heavy atom. The molecule has 0 spiro atoms. The highest BCUT2D eigenvalue weighted by Gasteiger charge is 2.49. The lowest BCUT2D eigenvalue weighted by Gasteiger charge is -2.20. The molecule has 1 aromatic carbocycles. The maximum absolute atomic E-state index is 12.6. The van der Waals surface area contributed by atoms with Gasteiger partial charge in [-0.05, 0) is 20.8 Å². The third-order valence-electron chi connectivity index (χ3n) is 4.36. The summed E-state index contributed by atoms with van der Waals surface area (Å²) < 4.78 is 5.46.